The molecule has 1 aliphatic heterocycles. The summed E-state index contributed by atoms with van der Waals surface area (Å²) in [5.41, 5.74) is 5.58. The van der Waals surface area contributed by atoms with Crippen molar-refractivity contribution in [2.45, 2.75) is 58.1 Å². The molecule has 3 nitrogen and oxygen atoms in total. The highest BCUT2D eigenvalue weighted by Gasteiger charge is 2.58. The third-order valence-electron chi connectivity index (χ3n) is 4.31. The van der Waals surface area contributed by atoms with Gasteiger partial charge in [0.25, 0.3) is 0 Å². The zero-order chi connectivity index (χ0) is 12.2. The summed E-state index contributed by atoms with van der Waals surface area (Å²) in [6.45, 7) is 10.5. The molecule has 0 amide bonds. The van der Waals surface area contributed by atoms with Crippen molar-refractivity contribution >= 4 is 0 Å². The van der Waals surface area contributed by atoms with E-state index < -0.39 is 11.1 Å². The molecule has 0 bridgehead atoms. The first-order valence-corrected chi connectivity index (χ1v) is 6.30. The average Bonchev–Trinajstić information content (AvgIpc) is 1.92. The van der Waals surface area contributed by atoms with Gasteiger partial charge in [-0.25, -0.2) is 0 Å². The molecule has 2 rings (SSSR count). The standard InChI is InChI=1S/C13H26N2O/c1-10(2)5-11(3,4)7-13(16,6-10)12(14)8-15-9-12/h15-16H,5-9,14H2,1-4H3. The minimum atomic E-state index is -0.705. The maximum atomic E-state index is 11.0. The van der Waals surface area contributed by atoms with E-state index in [2.05, 4.69) is 33.0 Å². The van der Waals surface area contributed by atoms with E-state index in [-0.39, 0.29) is 10.8 Å². The number of rotatable bonds is 1. The Morgan fingerprint density at radius 1 is 0.938 bits per heavy atom. The van der Waals surface area contributed by atoms with Crippen molar-refractivity contribution < 1.29 is 5.11 Å². The third-order valence-corrected chi connectivity index (χ3v) is 4.31. The molecule has 0 aromatic carbocycles. The molecule has 2 aliphatic rings. The van der Waals surface area contributed by atoms with Gasteiger partial charge in [0.1, 0.15) is 0 Å². The van der Waals surface area contributed by atoms with E-state index in [9.17, 15) is 5.11 Å². The van der Waals surface area contributed by atoms with Gasteiger partial charge in [-0.2, -0.15) is 0 Å². The molecule has 1 saturated heterocycles. The van der Waals surface area contributed by atoms with Crippen LogP contribution in [0.2, 0.25) is 0 Å². The summed E-state index contributed by atoms with van der Waals surface area (Å²) in [7, 11) is 0. The SMILES string of the molecule is CC1(C)CC(C)(C)CC(O)(C2(N)CNC2)C1. The van der Waals surface area contributed by atoms with E-state index in [1.54, 1.807) is 0 Å². The maximum Gasteiger partial charge on any atom is 0.0861 e. The highest BCUT2D eigenvalue weighted by Crippen LogP contribution is 2.53. The van der Waals surface area contributed by atoms with Gasteiger partial charge in [-0.3, -0.25) is 0 Å². The zero-order valence-electron chi connectivity index (χ0n) is 11.1. The topological polar surface area (TPSA) is 58.3 Å². The van der Waals surface area contributed by atoms with Gasteiger partial charge in [0, 0.05) is 13.1 Å². The first kappa shape index (κ1) is 12.3. The molecule has 0 aromatic heterocycles. The molecule has 3 heteroatoms. The van der Waals surface area contributed by atoms with Crippen LogP contribution in [0, 0.1) is 10.8 Å². The van der Waals surface area contributed by atoms with Gasteiger partial charge in [0.15, 0.2) is 0 Å². The van der Waals surface area contributed by atoms with Crippen LogP contribution in [0.15, 0.2) is 0 Å². The normalized spacial score (nSPS) is 34.1. The number of nitrogens with two attached hydrogens (primary N) is 1. The summed E-state index contributed by atoms with van der Waals surface area (Å²) in [6, 6.07) is 0. The predicted molar refractivity (Wildman–Crippen MR) is 66.2 cm³/mol. The van der Waals surface area contributed by atoms with Crippen molar-refractivity contribution in [2.75, 3.05) is 13.1 Å². The van der Waals surface area contributed by atoms with Gasteiger partial charge >= 0.3 is 0 Å². The summed E-state index contributed by atoms with van der Waals surface area (Å²) in [4.78, 5) is 0. The van der Waals surface area contributed by atoms with Gasteiger partial charge < -0.3 is 16.2 Å². The highest BCUT2D eigenvalue weighted by molar-refractivity contribution is 5.16. The molecule has 0 aromatic rings. The Labute approximate surface area is 98.8 Å². The minimum Gasteiger partial charge on any atom is -0.388 e. The zero-order valence-corrected chi connectivity index (χ0v) is 11.1. The van der Waals surface area contributed by atoms with Crippen molar-refractivity contribution in [3.8, 4) is 0 Å². The summed E-state index contributed by atoms with van der Waals surface area (Å²) in [5.74, 6) is 0. The van der Waals surface area contributed by atoms with Gasteiger partial charge in [-0.1, -0.05) is 27.7 Å². The van der Waals surface area contributed by atoms with Crippen molar-refractivity contribution in [1.29, 1.82) is 0 Å². The van der Waals surface area contributed by atoms with Crippen LogP contribution in [0.3, 0.4) is 0 Å². The monoisotopic (exact) mass is 226 g/mol. The van der Waals surface area contributed by atoms with Crippen LogP contribution in [0.5, 0.6) is 0 Å². The summed E-state index contributed by atoms with van der Waals surface area (Å²) in [6.07, 6.45) is 2.80. The van der Waals surface area contributed by atoms with Gasteiger partial charge in [0.2, 0.25) is 0 Å². The second-order valence-corrected chi connectivity index (χ2v) is 7.65. The van der Waals surface area contributed by atoms with Crippen LogP contribution >= 0.6 is 0 Å². The van der Waals surface area contributed by atoms with Crippen LogP contribution in [-0.2, 0) is 0 Å². The molecule has 0 unspecified atom stereocenters. The minimum absolute atomic E-state index is 0.179. The molecule has 1 heterocycles. The first-order chi connectivity index (χ1) is 7.08. The Morgan fingerprint density at radius 3 is 1.69 bits per heavy atom. The molecule has 94 valence electrons. The molecule has 1 aliphatic carbocycles. The second-order valence-electron chi connectivity index (χ2n) is 7.65. The van der Waals surface area contributed by atoms with Gasteiger partial charge in [0.05, 0.1) is 11.1 Å². The lowest BCUT2D eigenvalue weighted by Crippen LogP contribution is -2.78. The van der Waals surface area contributed by atoms with Crippen LogP contribution in [0.4, 0.5) is 0 Å². The fourth-order valence-electron chi connectivity index (χ4n) is 4.14. The summed E-state index contributed by atoms with van der Waals surface area (Å²) >= 11 is 0. The Bertz CT molecular complexity index is 276. The van der Waals surface area contributed by atoms with Crippen molar-refractivity contribution in [2.24, 2.45) is 16.6 Å². The molecule has 0 spiro atoms. The highest BCUT2D eigenvalue weighted by atomic mass is 16.3. The predicted octanol–water partition coefficient (Wildman–Crippen LogP) is 1.25. The Hall–Kier alpha value is -0.120. The largest absolute Gasteiger partial charge is 0.388 e. The van der Waals surface area contributed by atoms with E-state index in [1.165, 1.54) is 0 Å². The van der Waals surface area contributed by atoms with Crippen molar-refractivity contribution in [3.05, 3.63) is 0 Å². The van der Waals surface area contributed by atoms with Crippen LogP contribution in [0.25, 0.3) is 0 Å². The molecule has 1 saturated carbocycles. The molecule has 4 N–H and O–H groups in total. The Kier molecular flexibility index (Phi) is 2.48. The molecular weight excluding hydrogens is 200 g/mol. The number of nitrogens with one attached hydrogen (secondary N) is 1. The summed E-state index contributed by atoms with van der Waals surface area (Å²) < 4.78 is 0. The van der Waals surface area contributed by atoms with E-state index >= 15 is 0 Å². The fraction of sp³-hybridized carbons (Fsp3) is 1.00. The van der Waals surface area contributed by atoms with Gasteiger partial charge in [-0.05, 0) is 30.1 Å². The number of hydrogen-bond acceptors (Lipinski definition) is 3. The Morgan fingerprint density at radius 2 is 1.38 bits per heavy atom. The van der Waals surface area contributed by atoms with Crippen LogP contribution in [-0.4, -0.2) is 29.3 Å². The fourth-order valence-corrected chi connectivity index (χ4v) is 4.14. The van der Waals surface area contributed by atoms with E-state index in [0.29, 0.717) is 0 Å². The second kappa shape index (κ2) is 3.21. The van der Waals surface area contributed by atoms with E-state index in [0.717, 1.165) is 32.4 Å². The van der Waals surface area contributed by atoms with Crippen molar-refractivity contribution in [1.82, 2.24) is 5.32 Å². The average molecular weight is 226 g/mol. The number of hydrogen-bond donors (Lipinski definition) is 3. The molecule has 0 radical (unpaired) electrons. The van der Waals surface area contributed by atoms with Crippen LogP contribution < -0.4 is 11.1 Å². The molecule has 2 fully saturated rings. The number of aliphatic hydroxyl groups is 1. The lowest BCUT2D eigenvalue weighted by atomic mass is 9.54. The van der Waals surface area contributed by atoms with E-state index in [1.807, 2.05) is 0 Å². The van der Waals surface area contributed by atoms with Gasteiger partial charge in [-0.15, -0.1) is 0 Å². The quantitative estimate of drug-likeness (QED) is 0.631. The summed E-state index contributed by atoms with van der Waals surface area (Å²) in [5, 5.41) is 14.2. The lowest BCUT2D eigenvalue weighted by Gasteiger charge is -2.59. The molecule has 0 atom stereocenters. The smallest absolute Gasteiger partial charge is 0.0861 e. The third kappa shape index (κ3) is 1.89. The lowest BCUT2D eigenvalue weighted by molar-refractivity contribution is -0.144. The molecular formula is C13H26N2O. The maximum absolute atomic E-state index is 11.0. The van der Waals surface area contributed by atoms with E-state index in [4.69, 9.17) is 5.73 Å². The first-order valence-electron chi connectivity index (χ1n) is 6.30. The molecule has 16 heavy (non-hydrogen) atoms. The van der Waals surface area contributed by atoms with Crippen molar-refractivity contribution in [3.63, 3.8) is 0 Å². The Balaban J connectivity index is 2.27. The van der Waals surface area contributed by atoms with Crippen LogP contribution in [0.1, 0.15) is 47.0 Å².